The number of carbonyl (C=O) groups excluding carboxylic acids is 1. The molecule has 1 aromatic rings. The molecule has 1 saturated heterocycles. The maximum absolute atomic E-state index is 12.1. The number of aromatic nitrogens is 1. The minimum atomic E-state index is -0.0192. The van der Waals surface area contributed by atoms with Crippen molar-refractivity contribution in [2.24, 2.45) is 0 Å². The van der Waals surface area contributed by atoms with E-state index in [4.69, 9.17) is 0 Å². The molecule has 0 spiro atoms. The number of amides is 1. The first-order chi connectivity index (χ1) is 8.17. The Morgan fingerprint density at radius 2 is 2.29 bits per heavy atom. The molecule has 4 nitrogen and oxygen atoms in total. The zero-order chi connectivity index (χ0) is 12.4. The molecule has 0 aromatic carbocycles. The summed E-state index contributed by atoms with van der Waals surface area (Å²) in [5, 5.41) is 4.08. The number of aryl methyl sites for hydroxylation is 2. The first-order valence-corrected chi connectivity index (χ1v) is 7.00. The van der Waals surface area contributed by atoms with E-state index in [-0.39, 0.29) is 11.9 Å². The van der Waals surface area contributed by atoms with Crippen molar-refractivity contribution in [3.05, 3.63) is 10.6 Å². The van der Waals surface area contributed by atoms with E-state index in [1.165, 1.54) is 4.88 Å². The lowest BCUT2D eigenvalue weighted by molar-refractivity contribution is -0.118. The van der Waals surface area contributed by atoms with Gasteiger partial charge in [0.2, 0.25) is 5.91 Å². The molecule has 1 aliphatic rings. The third-order valence-electron chi connectivity index (χ3n) is 3.10. The molecule has 1 amide bonds. The molecule has 0 radical (unpaired) electrons. The molecule has 1 aromatic heterocycles. The quantitative estimate of drug-likeness (QED) is 0.889. The predicted molar refractivity (Wildman–Crippen MR) is 70.7 cm³/mol. The van der Waals surface area contributed by atoms with Gasteiger partial charge in [-0.2, -0.15) is 0 Å². The summed E-state index contributed by atoms with van der Waals surface area (Å²) in [5.74, 6) is 0.170. The summed E-state index contributed by atoms with van der Waals surface area (Å²) in [4.78, 5) is 19.7. The van der Waals surface area contributed by atoms with Gasteiger partial charge in [0.1, 0.15) is 0 Å². The number of nitrogens with one attached hydrogen (secondary N) is 1. The van der Waals surface area contributed by atoms with Crippen molar-refractivity contribution in [3.63, 3.8) is 0 Å². The topological polar surface area (TPSA) is 45.2 Å². The molecule has 0 saturated carbocycles. The summed E-state index contributed by atoms with van der Waals surface area (Å²) in [6.45, 7) is 7.81. The van der Waals surface area contributed by atoms with Crippen molar-refractivity contribution in [3.8, 4) is 0 Å². The Balaban J connectivity index is 2.15. The summed E-state index contributed by atoms with van der Waals surface area (Å²) >= 11 is 1.63. The molecular weight excluding hydrogens is 234 g/mol. The standard InChI is InChI=1S/C12H19N3OS/c1-4-9-8(3)17-12(14-9)15-7-6-10(11(15)16)13-5-2/h10,13H,4-7H2,1-3H3. The maximum atomic E-state index is 12.1. The molecule has 1 aliphatic heterocycles. The van der Waals surface area contributed by atoms with Crippen molar-refractivity contribution in [2.75, 3.05) is 18.0 Å². The summed E-state index contributed by atoms with van der Waals surface area (Å²) in [6, 6.07) is -0.0192. The van der Waals surface area contributed by atoms with Crippen LogP contribution in [-0.4, -0.2) is 30.0 Å². The van der Waals surface area contributed by atoms with Gasteiger partial charge in [-0.1, -0.05) is 13.8 Å². The van der Waals surface area contributed by atoms with Gasteiger partial charge in [-0.05, 0) is 26.3 Å². The van der Waals surface area contributed by atoms with Gasteiger partial charge < -0.3 is 5.32 Å². The number of hydrogen-bond donors (Lipinski definition) is 1. The van der Waals surface area contributed by atoms with Gasteiger partial charge in [0.15, 0.2) is 5.13 Å². The SMILES string of the molecule is CCNC1CCN(c2nc(CC)c(C)s2)C1=O. The van der Waals surface area contributed by atoms with E-state index in [1.54, 1.807) is 11.3 Å². The average Bonchev–Trinajstić information content (AvgIpc) is 2.84. The van der Waals surface area contributed by atoms with E-state index in [9.17, 15) is 4.79 Å². The molecule has 94 valence electrons. The van der Waals surface area contributed by atoms with Crippen LogP contribution < -0.4 is 10.2 Å². The van der Waals surface area contributed by atoms with Gasteiger partial charge in [0, 0.05) is 11.4 Å². The van der Waals surface area contributed by atoms with Crippen LogP contribution in [0.25, 0.3) is 0 Å². The lowest BCUT2D eigenvalue weighted by Gasteiger charge is -2.13. The Morgan fingerprint density at radius 3 is 2.88 bits per heavy atom. The fourth-order valence-corrected chi connectivity index (χ4v) is 3.19. The highest BCUT2D eigenvalue weighted by Crippen LogP contribution is 2.29. The van der Waals surface area contributed by atoms with Gasteiger partial charge in [0.25, 0.3) is 0 Å². The van der Waals surface area contributed by atoms with Crippen LogP contribution >= 0.6 is 11.3 Å². The Bertz CT molecular complexity index is 416. The summed E-state index contributed by atoms with van der Waals surface area (Å²) in [5.41, 5.74) is 1.12. The van der Waals surface area contributed by atoms with Crippen LogP contribution in [0.15, 0.2) is 0 Å². The summed E-state index contributed by atoms with van der Waals surface area (Å²) < 4.78 is 0. The Hall–Kier alpha value is -0.940. The van der Waals surface area contributed by atoms with E-state index in [0.717, 1.165) is 36.8 Å². The van der Waals surface area contributed by atoms with E-state index in [0.29, 0.717) is 0 Å². The molecule has 2 heterocycles. The average molecular weight is 253 g/mol. The van der Waals surface area contributed by atoms with Crippen LogP contribution in [0.1, 0.15) is 30.8 Å². The lowest BCUT2D eigenvalue weighted by atomic mass is 10.2. The molecule has 1 N–H and O–H groups in total. The van der Waals surface area contributed by atoms with Crippen LogP contribution in [-0.2, 0) is 11.2 Å². The van der Waals surface area contributed by atoms with Crippen LogP contribution in [0.2, 0.25) is 0 Å². The van der Waals surface area contributed by atoms with Crippen molar-refractivity contribution in [1.29, 1.82) is 0 Å². The number of nitrogens with zero attached hydrogens (tertiary/aromatic N) is 2. The minimum Gasteiger partial charge on any atom is -0.306 e. The maximum Gasteiger partial charge on any atom is 0.245 e. The van der Waals surface area contributed by atoms with Crippen LogP contribution in [0, 0.1) is 6.92 Å². The fraction of sp³-hybridized carbons (Fsp3) is 0.667. The van der Waals surface area contributed by atoms with Gasteiger partial charge in [0.05, 0.1) is 11.7 Å². The molecule has 1 unspecified atom stereocenters. The smallest absolute Gasteiger partial charge is 0.245 e. The highest BCUT2D eigenvalue weighted by Gasteiger charge is 2.33. The molecule has 1 atom stereocenters. The minimum absolute atomic E-state index is 0.0192. The van der Waals surface area contributed by atoms with Crippen molar-refractivity contribution in [1.82, 2.24) is 10.3 Å². The highest BCUT2D eigenvalue weighted by atomic mass is 32.1. The normalized spacial score (nSPS) is 20.3. The van der Waals surface area contributed by atoms with E-state index < -0.39 is 0 Å². The molecular formula is C12H19N3OS. The number of hydrogen-bond acceptors (Lipinski definition) is 4. The monoisotopic (exact) mass is 253 g/mol. The Kier molecular flexibility index (Phi) is 3.79. The van der Waals surface area contributed by atoms with E-state index in [1.807, 2.05) is 11.8 Å². The second-order valence-corrected chi connectivity index (χ2v) is 5.42. The zero-order valence-corrected chi connectivity index (χ0v) is 11.4. The van der Waals surface area contributed by atoms with Crippen LogP contribution in [0.3, 0.4) is 0 Å². The largest absolute Gasteiger partial charge is 0.306 e. The Labute approximate surface area is 106 Å². The van der Waals surface area contributed by atoms with Crippen molar-refractivity contribution in [2.45, 2.75) is 39.7 Å². The zero-order valence-electron chi connectivity index (χ0n) is 10.6. The van der Waals surface area contributed by atoms with Gasteiger partial charge in [-0.25, -0.2) is 4.98 Å². The molecule has 17 heavy (non-hydrogen) atoms. The fourth-order valence-electron chi connectivity index (χ4n) is 2.16. The first kappa shape index (κ1) is 12.5. The van der Waals surface area contributed by atoms with Crippen molar-refractivity contribution < 1.29 is 4.79 Å². The van der Waals surface area contributed by atoms with E-state index in [2.05, 4.69) is 24.1 Å². The third kappa shape index (κ3) is 2.35. The second kappa shape index (κ2) is 5.14. The molecule has 1 fully saturated rings. The van der Waals surface area contributed by atoms with Crippen LogP contribution in [0.4, 0.5) is 5.13 Å². The Morgan fingerprint density at radius 1 is 1.53 bits per heavy atom. The van der Waals surface area contributed by atoms with Crippen LogP contribution in [0.5, 0.6) is 0 Å². The molecule has 5 heteroatoms. The summed E-state index contributed by atoms with van der Waals surface area (Å²) in [6.07, 6.45) is 1.81. The number of likely N-dealkylation sites (N-methyl/N-ethyl adjacent to an activating group) is 1. The molecule has 0 aliphatic carbocycles. The second-order valence-electron chi connectivity index (χ2n) is 4.24. The first-order valence-electron chi connectivity index (χ1n) is 6.18. The molecule has 2 rings (SSSR count). The van der Waals surface area contributed by atoms with Gasteiger partial charge in [-0.3, -0.25) is 9.69 Å². The van der Waals surface area contributed by atoms with Crippen molar-refractivity contribution >= 4 is 22.4 Å². The lowest BCUT2D eigenvalue weighted by Crippen LogP contribution is -2.38. The number of rotatable bonds is 4. The summed E-state index contributed by atoms with van der Waals surface area (Å²) in [7, 11) is 0. The predicted octanol–water partition coefficient (Wildman–Crippen LogP) is 1.73. The van der Waals surface area contributed by atoms with E-state index >= 15 is 0 Å². The van der Waals surface area contributed by atoms with Gasteiger partial charge >= 0.3 is 0 Å². The molecule has 0 bridgehead atoms. The third-order valence-corrected chi connectivity index (χ3v) is 4.14. The number of thiazole rings is 1. The highest BCUT2D eigenvalue weighted by molar-refractivity contribution is 7.15. The number of carbonyl (C=O) groups is 1. The van der Waals surface area contributed by atoms with Gasteiger partial charge in [-0.15, -0.1) is 11.3 Å². The number of anilines is 1.